The summed E-state index contributed by atoms with van der Waals surface area (Å²) < 4.78 is 69.7. The minimum atomic E-state index is -5.26. The van der Waals surface area contributed by atoms with Gasteiger partial charge in [0.15, 0.2) is 17.2 Å². The van der Waals surface area contributed by atoms with Gasteiger partial charge in [0.25, 0.3) is 23.6 Å². The van der Waals surface area contributed by atoms with Gasteiger partial charge in [-0.3, -0.25) is 24.1 Å². The molecule has 4 amide bonds. The number of ether oxygens (including phenoxy) is 5. The van der Waals surface area contributed by atoms with Crippen LogP contribution >= 0.6 is 11.6 Å². The number of aromatic amines is 1. The van der Waals surface area contributed by atoms with E-state index in [1.807, 2.05) is 0 Å². The van der Waals surface area contributed by atoms with Crippen LogP contribution in [0.2, 0.25) is 0 Å². The van der Waals surface area contributed by atoms with Crippen LogP contribution in [0.5, 0.6) is 28.7 Å². The van der Waals surface area contributed by atoms with E-state index >= 15 is 0 Å². The summed E-state index contributed by atoms with van der Waals surface area (Å²) in [5, 5.41) is 61.2. The number of aliphatic hydroxyl groups excluding tert-OH is 4. The van der Waals surface area contributed by atoms with E-state index in [-0.39, 0.29) is 97.6 Å². The fourth-order valence-corrected chi connectivity index (χ4v) is 10.1. The van der Waals surface area contributed by atoms with Crippen molar-refractivity contribution in [1.82, 2.24) is 29.8 Å². The lowest BCUT2D eigenvalue weighted by Gasteiger charge is -2.39. The van der Waals surface area contributed by atoms with E-state index in [1.165, 1.54) is 60.4 Å². The number of rotatable bonds is 23. The van der Waals surface area contributed by atoms with Crippen molar-refractivity contribution < 1.29 is 85.2 Å². The Morgan fingerprint density at radius 3 is 2.38 bits per heavy atom. The van der Waals surface area contributed by atoms with Gasteiger partial charge in [-0.15, -0.1) is 25.1 Å². The highest BCUT2D eigenvalue weighted by Crippen LogP contribution is 2.47. The fourth-order valence-electron chi connectivity index (χ4n) is 9.09. The highest BCUT2D eigenvalue weighted by atomic mass is 35.5. The number of alkyl halides is 1. The molecule has 6 atom stereocenters. The maximum Gasteiger partial charge on any atom is 0.501 e. The van der Waals surface area contributed by atoms with Crippen LogP contribution < -0.4 is 22.7 Å². The molecule has 1 fully saturated rings. The number of carbonyl (C=O) groups is 4. The van der Waals surface area contributed by atoms with Crippen molar-refractivity contribution in [2.24, 2.45) is 0 Å². The number of aliphatic hydroxyl groups is 4. The Morgan fingerprint density at radius 2 is 1.63 bits per heavy atom. The van der Waals surface area contributed by atoms with E-state index in [2.05, 4.69) is 15.3 Å². The zero-order chi connectivity index (χ0) is 55.4. The van der Waals surface area contributed by atoms with Crippen molar-refractivity contribution in [2.75, 3.05) is 77.6 Å². The molecule has 2 aromatic heterocycles. The van der Waals surface area contributed by atoms with Crippen LogP contribution in [0.4, 0.5) is 5.69 Å². The van der Waals surface area contributed by atoms with Crippen molar-refractivity contribution in [3.63, 3.8) is 0 Å². The predicted molar refractivity (Wildman–Crippen MR) is 275 cm³/mol. The van der Waals surface area contributed by atoms with Gasteiger partial charge in [0, 0.05) is 90.7 Å². The molecule has 4 aromatic carbocycles. The Bertz CT molecular complexity index is 3350. The van der Waals surface area contributed by atoms with Gasteiger partial charge in [0.1, 0.15) is 41.6 Å². The van der Waals surface area contributed by atoms with Gasteiger partial charge < -0.3 is 72.4 Å². The molecule has 25 nitrogen and oxygen atoms in total. The maximum atomic E-state index is 14.3. The zero-order valence-electron chi connectivity index (χ0n) is 41.8. The van der Waals surface area contributed by atoms with Gasteiger partial charge >= 0.3 is 10.4 Å². The SMILES string of the molecule is COc1ccc2c(OS(=O)(=O)Oc3cc(C(=O)N(C)CCOCCn4cc(CCOCCN5C(=O)C=CC5=O)nn4)ccc3O[C@@H]3O[C@H](CO)[C@H](O)[C@H](O)C3O)cc3c(c2c1)[C@H](CCl)CN3C(=O)c1cc2ccc(O)cc2[nH]1. The number of benzene rings is 4. The number of nitrogens with zero attached hydrogens (tertiary/aromatic N) is 6. The molecule has 0 bridgehead atoms. The van der Waals surface area contributed by atoms with Crippen LogP contribution in [0.15, 0.2) is 85.1 Å². The first-order chi connectivity index (χ1) is 37.4. The van der Waals surface area contributed by atoms with E-state index < -0.39 is 76.9 Å². The van der Waals surface area contributed by atoms with Crippen molar-refractivity contribution in [3.8, 4) is 28.7 Å². The number of aromatic hydroxyl groups is 1. The van der Waals surface area contributed by atoms with E-state index in [0.29, 0.717) is 46.3 Å². The minimum absolute atomic E-state index is 0.0126. The van der Waals surface area contributed by atoms with Gasteiger partial charge in [-0.05, 0) is 65.5 Å². The number of phenolic OH excluding ortho intramolecular Hbond substituents is 1. The third-order valence-corrected chi connectivity index (χ3v) is 14.3. The second-order valence-corrected chi connectivity index (χ2v) is 19.8. The molecule has 3 aliphatic rings. The average molecular weight is 1120 g/mol. The molecule has 6 N–H and O–H groups in total. The number of H-pyrrole nitrogens is 1. The van der Waals surface area contributed by atoms with Crippen LogP contribution in [0.3, 0.4) is 0 Å². The quantitative estimate of drug-likeness (QED) is 0.0302. The molecule has 9 rings (SSSR count). The van der Waals surface area contributed by atoms with Gasteiger partial charge in [-0.25, -0.2) is 4.68 Å². The largest absolute Gasteiger partial charge is 0.508 e. The summed E-state index contributed by atoms with van der Waals surface area (Å²) in [6.45, 7) is 0.542. The van der Waals surface area contributed by atoms with Gasteiger partial charge in [-0.2, -0.15) is 0 Å². The molecule has 414 valence electrons. The number of carbonyl (C=O) groups excluding carboxylic acids is 4. The van der Waals surface area contributed by atoms with Crippen LogP contribution in [0.25, 0.3) is 21.7 Å². The monoisotopic (exact) mass is 1120 g/mol. The molecular weight excluding hydrogens is 1070 g/mol. The number of hydrogen-bond donors (Lipinski definition) is 6. The van der Waals surface area contributed by atoms with Crippen LogP contribution in [-0.2, 0) is 47.2 Å². The van der Waals surface area contributed by atoms with Crippen molar-refractivity contribution in [2.45, 2.75) is 49.6 Å². The zero-order valence-corrected chi connectivity index (χ0v) is 43.4. The first-order valence-electron chi connectivity index (χ1n) is 24.4. The highest BCUT2D eigenvalue weighted by Gasteiger charge is 2.45. The summed E-state index contributed by atoms with van der Waals surface area (Å²) in [6.07, 6.45) is -4.18. The molecule has 6 aromatic rings. The van der Waals surface area contributed by atoms with E-state index in [1.54, 1.807) is 41.2 Å². The number of methoxy groups -OCH3 is 1. The molecular formula is C51H54ClN7O18S. The summed E-state index contributed by atoms with van der Waals surface area (Å²) >= 11 is 6.54. The number of hydrogen-bond acceptors (Lipinski definition) is 20. The number of fused-ring (bicyclic) bond motifs is 4. The standard InChI is InChI=1S/C51H54ClN7O18S/c1-56(12-16-73-17-13-57-26-31(54-55-57)11-15-72-18-14-58-43(62)9-10-44(58)63)49(67)29-4-8-39(74-51-48(66)47(65)46(64)42(27-60)75-51)41(20-29)77-78(69,70)76-40-23-38-45(35-22-33(71-2)6-7-34(35)40)30(24-52)25-59(38)50(68)37-19-28-3-5-32(61)21-36(28)53-37/h3-10,19-23,26,30,42,46-48,51,53,60-61,64-66H,11-18,24-25,27H2,1-2H3/t30-,42-,46+,47+,48?,51-/m1/s1. The number of aromatic nitrogens is 4. The van der Waals surface area contributed by atoms with Crippen LogP contribution in [0.1, 0.15) is 38.0 Å². The van der Waals surface area contributed by atoms with E-state index in [9.17, 15) is 53.1 Å². The smallest absolute Gasteiger partial charge is 0.501 e. The van der Waals surface area contributed by atoms with E-state index in [0.717, 1.165) is 17.0 Å². The van der Waals surface area contributed by atoms with Crippen molar-refractivity contribution in [3.05, 3.63) is 108 Å². The van der Waals surface area contributed by atoms with Crippen LogP contribution in [0, 0.1) is 0 Å². The summed E-state index contributed by atoms with van der Waals surface area (Å²) in [5.41, 5.74) is 2.08. The topological polar surface area (TPSA) is 324 Å². The second kappa shape index (κ2) is 23.7. The highest BCUT2D eigenvalue weighted by molar-refractivity contribution is 7.82. The summed E-state index contributed by atoms with van der Waals surface area (Å²) in [6, 6.07) is 15.8. The lowest BCUT2D eigenvalue weighted by atomic mass is 9.95. The summed E-state index contributed by atoms with van der Waals surface area (Å²) in [5.74, 6) is -3.24. The van der Waals surface area contributed by atoms with Crippen molar-refractivity contribution >= 4 is 73.0 Å². The second-order valence-electron chi connectivity index (χ2n) is 18.3. The maximum absolute atomic E-state index is 14.3. The molecule has 3 aliphatic heterocycles. The number of nitrogens with one attached hydrogen (secondary N) is 1. The van der Waals surface area contributed by atoms with Crippen molar-refractivity contribution in [1.29, 1.82) is 0 Å². The molecule has 27 heteroatoms. The fraction of sp³-hybridized carbons (Fsp3) is 0.373. The Labute approximate surface area is 449 Å². The van der Waals surface area contributed by atoms with Gasteiger partial charge in [0.05, 0.1) is 64.6 Å². The molecule has 0 saturated carbocycles. The van der Waals surface area contributed by atoms with Gasteiger partial charge in [-0.1, -0.05) is 5.21 Å². The number of halogens is 1. The summed E-state index contributed by atoms with van der Waals surface area (Å²) in [4.78, 5) is 58.4. The molecule has 1 unspecified atom stereocenters. The molecule has 78 heavy (non-hydrogen) atoms. The Hall–Kier alpha value is -7.40. The number of phenols is 1. The Morgan fingerprint density at radius 1 is 0.872 bits per heavy atom. The molecule has 5 heterocycles. The normalized spacial score (nSPS) is 20.2. The molecule has 0 radical (unpaired) electrons. The lowest BCUT2D eigenvalue weighted by Crippen LogP contribution is -2.60. The number of amides is 4. The van der Waals surface area contributed by atoms with Gasteiger partial charge in [0.2, 0.25) is 6.29 Å². The number of likely N-dealkylation sites (N-methyl/N-ethyl adjacent to an activating group) is 1. The average Bonchev–Trinajstić information content (AvgIpc) is 4.23. The molecule has 0 spiro atoms. The first kappa shape index (κ1) is 55.4. The number of anilines is 1. The van der Waals surface area contributed by atoms with Crippen LogP contribution in [-0.4, -0.2) is 191 Å². The third-order valence-electron chi connectivity index (χ3n) is 13.2. The number of imide groups is 1. The lowest BCUT2D eigenvalue weighted by molar-refractivity contribution is -0.277. The molecule has 1 saturated heterocycles. The summed E-state index contributed by atoms with van der Waals surface area (Å²) in [7, 11) is -2.33. The Balaban J connectivity index is 0.906. The molecule has 0 aliphatic carbocycles. The minimum Gasteiger partial charge on any atom is -0.508 e. The first-order valence-corrected chi connectivity index (χ1v) is 26.2. The third kappa shape index (κ3) is 12.0. The Kier molecular flexibility index (Phi) is 16.8. The predicted octanol–water partition coefficient (Wildman–Crippen LogP) is 1.76. The van der Waals surface area contributed by atoms with E-state index in [4.69, 9.17) is 43.7 Å².